The van der Waals surface area contributed by atoms with E-state index in [1.807, 2.05) is 6.07 Å². The molecule has 0 aliphatic rings. The minimum atomic E-state index is -0.592. The van der Waals surface area contributed by atoms with Crippen LogP contribution in [-0.4, -0.2) is 14.5 Å². The molecule has 5 N–H and O–H groups in total. The van der Waals surface area contributed by atoms with E-state index >= 15 is 0 Å². The Balaban J connectivity index is 1.94. The predicted octanol–water partition coefficient (Wildman–Crippen LogP) is 3.81. The summed E-state index contributed by atoms with van der Waals surface area (Å²) in [7, 11) is 0. The van der Waals surface area contributed by atoms with Crippen molar-refractivity contribution in [2.45, 2.75) is 13.0 Å². The molecule has 0 fully saturated rings. The monoisotopic (exact) mass is 415 g/mol. The third-order valence-electron chi connectivity index (χ3n) is 4.88. The number of aromatic nitrogens is 3. The molecule has 0 saturated carbocycles. The van der Waals surface area contributed by atoms with E-state index in [0.29, 0.717) is 16.8 Å². The highest BCUT2D eigenvalue weighted by Crippen LogP contribution is 2.32. The molecule has 0 aliphatic heterocycles. The first-order chi connectivity index (χ1) is 14.9. The molecule has 0 aliphatic carbocycles. The van der Waals surface area contributed by atoms with Gasteiger partial charge >= 0.3 is 0 Å². The molecular formula is C22H18FN7O. The van der Waals surface area contributed by atoms with Crippen LogP contribution in [-0.2, 0) is 0 Å². The number of nitrogen functional groups attached to an aromatic ring is 2. The average molecular weight is 415 g/mol. The number of anilines is 3. The summed E-state index contributed by atoms with van der Waals surface area (Å²) < 4.78 is 15.9. The van der Waals surface area contributed by atoms with Crippen molar-refractivity contribution in [2.75, 3.05) is 16.8 Å². The van der Waals surface area contributed by atoms with Gasteiger partial charge in [0.15, 0.2) is 0 Å². The number of halogens is 1. The molecule has 9 heteroatoms. The lowest BCUT2D eigenvalue weighted by molar-refractivity contribution is 0.637. The van der Waals surface area contributed by atoms with Gasteiger partial charge in [0, 0.05) is 11.4 Å². The number of para-hydroxylation sites is 1. The summed E-state index contributed by atoms with van der Waals surface area (Å²) in [6, 6.07) is 14.6. The maximum Gasteiger partial charge on any atom is 0.268 e. The Labute approximate surface area is 176 Å². The van der Waals surface area contributed by atoms with Gasteiger partial charge in [0.1, 0.15) is 17.5 Å². The van der Waals surface area contributed by atoms with Crippen molar-refractivity contribution in [1.29, 1.82) is 0 Å². The van der Waals surface area contributed by atoms with Crippen LogP contribution in [0.15, 0.2) is 59.4 Å². The molecule has 2 aromatic heterocycles. The van der Waals surface area contributed by atoms with Crippen LogP contribution in [0.1, 0.15) is 18.7 Å². The van der Waals surface area contributed by atoms with Crippen molar-refractivity contribution in [3.63, 3.8) is 0 Å². The number of rotatable bonds is 4. The van der Waals surface area contributed by atoms with Crippen molar-refractivity contribution < 1.29 is 4.39 Å². The topological polar surface area (TPSA) is 116 Å². The SMILES string of the molecule is [C-]#[N+]c1c(N)nc(N)nc1N[C@@H](C)c1cc2cccc(F)c2c(=O)n1-c1ccccc1. The first-order valence-electron chi connectivity index (χ1n) is 9.37. The zero-order chi connectivity index (χ0) is 22.1. The van der Waals surface area contributed by atoms with Gasteiger partial charge in [-0.25, -0.2) is 19.2 Å². The van der Waals surface area contributed by atoms with Crippen molar-refractivity contribution in [3.05, 3.63) is 87.9 Å². The fraction of sp³-hybridized carbons (Fsp3) is 0.0909. The van der Waals surface area contributed by atoms with E-state index in [1.54, 1.807) is 49.4 Å². The van der Waals surface area contributed by atoms with E-state index in [9.17, 15) is 9.18 Å². The first kappa shape index (κ1) is 19.8. The second-order valence-corrected chi connectivity index (χ2v) is 6.89. The zero-order valence-electron chi connectivity index (χ0n) is 16.5. The van der Waals surface area contributed by atoms with E-state index in [-0.39, 0.29) is 28.7 Å². The van der Waals surface area contributed by atoms with Crippen LogP contribution in [0.5, 0.6) is 0 Å². The summed E-state index contributed by atoms with van der Waals surface area (Å²) >= 11 is 0. The normalized spacial score (nSPS) is 11.8. The summed E-state index contributed by atoms with van der Waals surface area (Å²) in [6.45, 7) is 9.17. The fourth-order valence-electron chi connectivity index (χ4n) is 3.48. The molecule has 0 spiro atoms. The third kappa shape index (κ3) is 3.51. The predicted molar refractivity (Wildman–Crippen MR) is 119 cm³/mol. The van der Waals surface area contributed by atoms with Crippen LogP contribution in [0.3, 0.4) is 0 Å². The molecule has 0 saturated heterocycles. The number of nitrogens with zero attached hydrogens (tertiary/aromatic N) is 4. The number of hydrogen-bond donors (Lipinski definition) is 3. The average Bonchev–Trinajstić information content (AvgIpc) is 2.74. The lowest BCUT2D eigenvalue weighted by Crippen LogP contribution is -2.26. The van der Waals surface area contributed by atoms with Gasteiger partial charge in [0.05, 0.1) is 18.0 Å². The smallest absolute Gasteiger partial charge is 0.268 e. The van der Waals surface area contributed by atoms with Gasteiger partial charge in [0.25, 0.3) is 11.2 Å². The van der Waals surface area contributed by atoms with Crippen LogP contribution in [0.25, 0.3) is 21.3 Å². The molecule has 8 nitrogen and oxygen atoms in total. The Morgan fingerprint density at radius 3 is 2.58 bits per heavy atom. The van der Waals surface area contributed by atoms with Crippen LogP contribution in [0.2, 0.25) is 0 Å². The minimum Gasteiger partial charge on any atom is -0.392 e. The number of nitrogens with one attached hydrogen (secondary N) is 1. The van der Waals surface area contributed by atoms with Gasteiger partial charge in [-0.1, -0.05) is 30.3 Å². The molecule has 0 radical (unpaired) electrons. The van der Waals surface area contributed by atoms with Gasteiger partial charge in [-0.05, 0) is 36.6 Å². The molecule has 1 atom stereocenters. The van der Waals surface area contributed by atoms with Crippen molar-refractivity contribution in [2.24, 2.45) is 0 Å². The van der Waals surface area contributed by atoms with Crippen molar-refractivity contribution in [1.82, 2.24) is 14.5 Å². The number of hydrogen-bond acceptors (Lipinski definition) is 6. The standard InChI is InChI=1S/C22H18FN7O/c1-12(27-20-18(26-2)19(24)28-22(25)29-20)16-11-13-7-6-10-15(23)17(13)21(31)30(16)14-8-4-3-5-9-14/h3-12H,1H3,(H5,24,25,27,28,29)/t12-/m0/s1. The van der Waals surface area contributed by atoms with E-state index in [0.717, 1.165) is 0 Å². The quantitative estimate of drug-likeness (QED) is 0.437. The number of pyridine rings is 1. The summed E-state index contributed by atoms with van der Waals surface area (Å²) in [5, 5.41) is 3.56. The fourth-order valence-corrected chi connectivity index (χ4v) is 3.48. The Morgan fingerprint density at radius 2 is 1.87 bits per heavy atom. The van der Waals surface area contributed by atoms with E-state index in [4.69, 9.17) is 18.0 Å². The molecule has 2 aromatic carbocycles. The Bertz CT molecular complexity index is 1390. The van der Waals surface area contributed by atoms with Gasteiger partial charge in [-0.15, -0.1) is 0 Å². The molecular weight excluding hydrogens is 397 g/mol. The third-order valence-corrected chi connectivity index (χ3v) is 4.88. The van der Waals surface area contributed by atoms with Crippen molar-refractivity contribution >= 4 is 34.0 Å². The molecule has 2 heterocycles. The van der Waals surface area contributed by atoms with Gasteiger partial charge in [-0.3, -0.25) is 9.36 Å². The highest BCUT2D eigenvalue weighted by Gasteiger charge is 2.20. The summed E-state index contributed by atoms with van der Waals surface area (Å²) in [5.41, 5.74) is 12.2. The molecule has 4 rings (SSSR count). The van der Waals surface area contributed by atoms with E-state index in [2.05, 4.69) is 20.1 Å². The summed E-state index contributed by atoms with van der Waals surface area (Å²) in [6.07, 6.45) is 0. The Kier molecular flexibility index (Phi) is 4.97. The molecule has 0 amide bonds. The number of nitrogens with two attached hydrogens (primary N) is 2. The van der Waals surface area contributed by atoms with Crippen molar-refractivity contribution in [3.8, 4) is 5.69 Å². The van der Waals surface area contributed by atoms with E-state index < -0.39 is 17.4 Å². The van der Waals surface area contributed by atoms with Gasteiger partial charge in [0.2, 0.25) is 5.95 Å². The van der Waals surface area contributed by atoms with Gasteiger partial charge in [-0.2, -0.15) is 0 Å². The lowest BCUT2D eigenvalue weighted by Gasteiger charge is -2.22. The Morgan fingerprint density at radius 1 is 1.13 bits per heavy atom. The largest absolute Gasteiger partial charge is 0.392 e. The summed E-state index contributed by atoms with van der Waals surface area (Å²) in [4.78, 5) is 24.6. The first-order valence-corrected chi connectivity index (χ1v) is 9.37. The Hall–Kier alpha value is -4.45. The summed E-state index contributed by atoms with van der Waals surface area (Å²) in [5.74, 6) is -0.566. The highest BCUT2D eigenvalue weighted by molar-refractivity contribution is 5.83. The second-order valence-electron chi connectivity index (χ2n) is 6.89. The molecule has 154 valence electrons. The maximum absolute atomic E-state index is 14.5. The zero-order valence-corrected chi connectivity index (χ0v) is 16.5. The number of fused-ring (bicyclic) bond motifs is 1. The number of benzene rings is 2. The second kappa shape index (κ2) is 7.76. The minimum absolute atomic E-state index is 0.000301. The van der Waals surface area contributed by atoms with Crippen LogP contribution in [0.4, 0.5) is 27.7 Å². The molecule has 0 bridgehead atoms. The highest BCUT2D eigenvalue weighted by atomic mass is 19.1. The van der Waals surface area contributed by atoms with Crippen LogP contribution < -0.4 is 22.3 Å². The van der Waals surface area contributed by atoms with Crippen LogP contribution in [0, 0.1) is 12.4 Å². The molecule has 0 unspecified atom stereocenters. The maximum atomic E-state index is 14.5. The lowest BCUT2D eigenvalue weighted by atomic mass is 10.1. The van der Waals surface area contributed by atoms with Crippen LogP contribution >= 0.6 is 0 Å². The molecule has 31 heavy (non-hydrogen) atoms. The van der Waals surface area contributed by atoms with Gasteiger partial charge < -0.3 is 16.8 Å². The molecule has 4 aromatic rings. The van der Waals surface area contributed by atoms with E-state index in [1.165, 1.54) is 10.6 Å².